The minimum absolute atomic E-state index is 0.0111. The predicted octanol–water partition coefficient (Wildman–Crippen LogP) is 0.742. The largest absolute Gasteiger partial charge is 0.399 e. The average molecular weight is 313 g/mol. The second-order valence-corrected chi connectivity index (χ2v) is 7.55. The fourth-order valence-corrected chi connectivity index (χ4v) is 2.49. The first-order valence-corrected chi connectivity index (χ1v) is 8.55. The second-order valence-electron chi connectivity index (χ2n) is 5.53. The van der Waals surface area contributed by atoms with E-state index >= 15 is 0 Å². The SMILES string of the molecule is CC(CCN(C)C)NC(=O)c1cc(N)cc(S(C)(=O)=O)c1. The third-order valence-corrected chi connectivity index (χ3v) is 4.10. The van der Waals surface area contributed by atoms with Gasteiger partial charge in [-0.15, -0.1) is 0 Å². The van der Waals surface area contributed by atoms with Gasteiger partial charge in [0, 0.05) is 23.5 Å². The monoisotopic (exact) mass is 313 g/mol. The lowest BCUT2D eigenvalue weighted by atomic mass is 10.1. The number of sulfone groups is 1. The zero-order chi connectivity index (χ0) is 16.2. The van der Waals surface area contributed by atoms with Gasteiger partial charge in [-0.2, -0.15) is 0 Å². The van der Waals surface area contributed by atoms with Crippen LogP contribution in [0.1, 0.15) is 23.7 Å². The molecule has 0 saturated heterocycles. The van der Waals surface area contributed by atoms with Crippen molar-refractivity contribution < 1.29 is 13.2 Å². The van der Waals surface area contributed by atoms with Crippen LogP contribution in [-0.4, -0.2) is 52.2 Å². The van der Waals surface area contributed by atoms with Gasteiger partial charge in [0.1, 0.15) is 0 Å². The fraction of sp³-hybridized carbons (Fsp3) is 0.500. The Labute approximate surface area is 126 Å². The van der Waals surface area contributed by atoms with Crippen LogP contribution in [0.15, 0.2) is 23.1 Å². The first-order valence-electron chi connectivity index (χ1n) is 6.66. The van der Waals surface area contributed by atoms with E-state index in [0.29, 0.717) is 0 Å². The molecule has 0 heterocycles. The molecule has 118 valence electrons. The van der Waals surface area contributed by atoms with Crippen molar-refractivity contribution in [1.29, 1.82) is 0 Å². The third-order valence-electron chi connectivity index (χ3n) is 3.01. The summed E-state index contributed by atoms with van der Waals surface area (Å²) in [5, 5.41) is 2.84. The van der Waals surface area contributed by atoms with Gasteiger partial charge in [-0.25, -0.2) is 8.42 Å². The maximum Gasteiger partial charge on any atom is 0.251 e. The smallest absolute Gasteiger partial charge is 0.251 e. The van der Waals surface area contributed by atoms with Crippen LogP contribution in [0.25, 0.3) is 0 Å². The number of carbonyl (C=O) groups excluding carboxylic acids is 1. The Morgan fingerprint density at radius 3 is 2.48 bits per heavy atom. The highest BCUT2D eigenvalue weighted by Gasteiger charge is 2.15. The molecule has 1 aromatic carbocycles. The minimum Gasteiger partial charge on any atom is -0.399 e. The van der Waals surface area contributed by atoms with Gasteiger partial charge >= 0.3 is 0 Å². The van der Waals surface area contributed by atoms with Crippen LogP contribution in [0, 0.1) is 0 Å². The molecule has 1 amide bonds. The average Bonchev–Trinajstić information content (AvgIpc) is 2.34. The molecule has 0 spiro atoms. The Hall–Kier alpha value is -1.60. The standard InChI is InChI=1S/C14H23N3O3S/c1-10(5-6-17(2)3)16-14(18)11-7-12(15)9-13(8-11)21(4,19)20/h7-10H,5-6,15H2,1-4H3,(H,16,18). The number of benzene rings is 1. The van der Waals surface area contributed by atoms with E-state index in [2.05, 4.69) is 5.32 Å². The summed E-state index contributed by atoms with van der Waals surface area (Å²) in [5.74, 6) is -0.321. The van der Waals surface area contributed by atoms with Gasteiger partial charge in [0.15, 0.2) is 9.84 Å². The summed E-state index contributed by atoms with van der Waals surface area (Å²) in [6.45, 7) is 2.76. The first-order chi connectivity index (χ1) is 9.59. The zero-order valence-corrected chi connectivity index (χ0v) is 13.7. The number of hydrogen-bond donors (Lipinski definition) is 2. The van der Waals surface area contributed by atoms with Gasteiger partial charge in [-0.1, -0.05) is 0 Å². The van der Waals surface area contributed by atoms with E-state index in [0.717, 1.165) is 19.2 Å². The summed E-state index contributed by atoms with van der Waals surface area (Å²) in [6.07, 6.45) is 1.89. The van der Waals surface area contributed by atoms with Crippen molar-refractivity contribution in [1.82, 2.24) is 10.2 Å². The van der Waals surface area contributed by atoms with Gasteiger partial charge in [-0.05, 0) is 52.2 Å². The zero-order valence-electron chi connectivity index (χ0n) is 12.9. The van der Waals surface area contributed by atoms with Crippen LogP contribution in [0.5, 0.6) is 0 Å². The van der Waals surface area contributed by atoms with Crippen molar-refractivity contribution in [3.63, 3.8) is 0 Å². The molecule has 6 nitrogen and oxygen atoms in total. The molecule has 0 aliphatic rings. The normalized spacial score (nSPS) is 13.2. The van der Waals surface area contributed by atoms with Crippen molar-refractivity contribution in [3.8, 4) is 0 Å². The molecule has 0 aliphatic carbocycles. The maximum absolute atomic E-state index is 12.2. The molecule has 21 heavy (non-hydrogen) atoms. The summed E-state index contributed by atoms with van der Waals surface area (Å²) in [6, 6.07) is 4.16. The topological polar surface area (TPSA) is 92.5 Å². The lowest BCUT2D eigenvalue weighted by molar-refractivity contribution is 0.0936. The van der Waals surface area contributed by atoms with E-state index in [-0.39, 0.29) is 28.1 Å². The number of nitrogens with two attached hydrogens (primary N) is 1. The van der Waals surface area contributed by atoms with Crippen LogP contribution in [0.3, 0.4) is 0 Å². The van der Waals surface area contributed by atoms with Gasteiger partial charge < -0.3 is 16.0 Å². The molecule has 0 bridgehead atoms. The van der Waals surface area contributed by atoms with E-state index in [1.807, 2.05) is 25.9 Å². The molecule has 3 N–H and O–H groups in total. The molecule has 1 unspecified atom stereocenters. The summed E-state index contributed by atoms with van der Waals surface area (Å²) < 4.78 is 23.1. The van der Waals surface area contributed by atoms with Crippen molar-refractivity contribution in [2.75, 3.05) is 32.6 Å². The molecular weight excluding hydrogens is 290 g/mol. The Morgan fingerprint density at radius 2 is 1.95 bits per heavy atom. The molecule has 7 heteroatoms. The highest BCUT2D eigenvalue weighted by molar-refractivity contribution is 7.90. The van der Waals surface area contributed by atoms with Gasteiger partial charge in [-0.3, -0.25) is 4.79 Å². The number of anilines is 1. The lowest BCUT2D eigenvalue weighted by Gasteiger charge is -2.17. The molecule has 0 saturated carbocycles. The first kappa shape index (κ1) is 17.5. The molecule has 1 aromatic rings. The minimum atomic E-state index is -3.40. The third kappa shape index (κ3) is 5.73. The highest BCUT2D eigenvalue weighted by atomic mass is 32.2. The molecular formula is C14H23N3O3S. The molecule has 0 fully saturated rings. The molecule has 1 atom stereocenters. The quantitative estimate of drug-likeness (QED) is 0.756. The highest BCUT2D eigenvalue weighted by Crippen LogP contribution is 2.17. The summed E-state index contributed by atoms with van der Waals surface area (Å²) in [4.78, 5) is 14.2. The number of nitrogen functional groups attached to an aromatic ring is 1. The van der Waals surface area contributed by atoms with Crippen LogP contribution < -0.4 is 11.1 Å². The number of nitrogens with zero attached hydrogens (tertiary/aromatic N) is 1. The number of amides is 1. The maximum atomic E-state index is 12.2. The van der Waals surface area contributed by atoms with E-state index in [1.165, 1.54) is 18.2 Å². The molecule has 0 aliphatic heterocycles. The van der Waals surface area contributed by atoms with Crippen molar-refractivity contribution >= 4 is 21.4 Å². The van der Waals surface area contributed by atoms with Crippen LogP contribution >= 0.6 is 0 Å². The number of carbonyl (C=O) groups is 1. The molecule has 1 rings (SSSR count). The fourth-order valence-electron chi connectivity index (χ4n) is 1.80. The summed E-state index contributed by atoms with van der Waals surface area (Å²) >= 11 is 0. The van der Waals surface area contributed by atoms with Gasteiger partial charge in [0.25, 0.3) is 5.91 Å². The number of rotatable bonds is 6. The van der Waals surface area contributed by atoms with E-state index < -0.39 is 9.84 Å². The summed E-state index contributed by atoms with van der Waals surface area (Å²) in [5.41, 5.74) is 6.18. The lowest BCUT2D eigenvalue weighted by Crippen LogP contribution is -2.34. The Balaban J connectivity index is 2.86. The number of hydrogen-bond acceptors (Lipinski definition) is 5. The van der Waals surface area contributed by atoms with Crippen molar-refractivity contribution in [2.24, 2.45) is 0 Å². The summed E-state index contributed by atoms with van der Waals surface area (Å²) in [7, 11) is 0.528. The number of nitrogens with one attached hydrogen (secondary N) is 1. The van der Waals surface area contributed by atoms with Gasteiger partial charge in [0.2, 0.25) is 0 Å². The van der Waals surface area contributed by atoms with Crippen LogP contribution in [-0.2, 0) is 9.84 Å². The predicted molar refractivity (Wildman–Crippen MR) is 84.1 cm³/mol. The molecule has 0 radical (unpaired) electrons. The van der Waals surface area contributed by atoms with Gasteiger partial charge in [0.05, 0.1) is 4.90 Å². The van der Waals surface area contributed by atoms with Crippen molar-refractivity contribution in [2.45, 2.75) is 24.3 Å². The Morgan fingerprint density at radius 1 is 1.33 bits per heavy atom. The second kappa shape index (κ2) is 6.91. The van der Waals surface area contributed by atoms with Crippen LogP contribution in [0.4, 0.5) is 5.69 Å². The van der Waals surface area contributed by atoms with Crippen LogP contribution in [0.2, 0.25) is 0 Å². The van der Waals surface area contributed by atoms with E-state index in [4.69, 9.17) is 5.73 Å². The van der Waals surface area contributed by atoms with Crippen molar-refractivity contribution in [3.05, 3.63) is 23.8 Å². The Kier molecular flexibility index (Phi) is 5.74. The van der Waals surface area contributed by atoms with E-state index in [9.17, 15) is 13.2 Å². The Bertz CT molecular complexity index is 612. The molecule has 0 aromatic heterocycles. The van der Waals surface area contributed by atoms with E-state index in [1.54, 1.807) is 0 Å².